The van der Waals surface area contributed by atoms with Crippen LogP contribution >= 0.6 is 11.6 Å². The Bertz CT molecular complexity index is 1020. The van der Waals surface area contributed by atoms with E-state index in [9.17, 15) is 9.90 Å². The fraction of sp³-hybridized carbons (Fsp3) is 0.143. The van der Waals surface area contributed by atoms with Crippen LogP contribution in [0.4, 0.5) is 0 Å². The highest BCUT2D eigenvalue weighted by Gasteiger charge is 2.24. The third-order valence-corrected chi connectivity index (χ3v) is 4.96. The van der Waals surface area contributed by atoms with Crippen LogP contribution in [-0.2, 0) is 6.42 Å². The van der Waals surface area contributed by atoms with Crippen LogP contribution in [-0.4, -0.2) is 16.1 Å². The summed E-state index contributed by atoms with van der Waals surface area (Å²) in [6.45, 7) is 0. The lowest BCUT2D eigenvalue weighted by Crippen LogP contribution is -2.13. The second kappa shape index (κ2) is 6.34. The lowest BCUT2D eigenvalue weighted by atomic mass is 9.86. The third kappa shape index (κ3) is 2.81. The molecule has 0 saturated heterocycles. The summed E-state index contributed by atoms with van der Waals surface area (Å²) in [7, 11) is 0. The van der Waals surface area contributed by atoms with Gasteiger partial charge in [0.1, 0.15) is 0 Å². The molecule has 4 heteroatoms. The second-order valence-electron chi connectivity index (χ2n) is 6.18. The van der Waals surface area contributed by atoms with Crippen molar-refractivity contribution in [1.29, 1.82) is 0 Å². The number of nitrogens with zero attached hydrogens (tertiary/aromatic N) is 1. The summed E-state index contributed by atoms with van der Waals surface area (Å²) in [4.78, 5) is 16.7. The van der Waals surface area contributed by atoms with Gasteiger partial charge in [0.2, 0.25) is 0 Å². The minimum absolute atomic E-state index is 0.380. The number of benzene rings is 2. The SMILES string of the molecule is O=C(O)c1c2c(nc3ccccc13)/C(=C\c1ccccc1Cl)CCC2. The molecule has 1 aromatic heterocycles. The van der Waals surface area contributed by atoms with Crippen LogP contribution in [0.1, 0.15) is 40.0 Å². The maximum Gasteiger partial charge on any atom is 0.336 e. The van der Waals surface area contributed by atoms with E-state index in [4.69, 9.17) is 16.6 Å². The molecule has 1 aliphatic carbocycles. The normalized spacial score (nSPS) is 15.3. The van der Waals surface area contributed by atoms with Crippen molar-refractivity contribution in [2.75, 3.05) is 0 Å². The highest BCUT2D eigenvalue weighted by atomic mass is 35.5. The Balaban J connectivity index is 1.99. The molecule has 25 heavy (non-hydrogen) atoms. The molecule has 0 unspecified atom stereocenters. The zero-order chi connectivity index (χ0) is 17.4. The number of carboxylic acid groups (broad SMARTS) is 1. The van der Waals surface area contributed by atoms with E-state index in [1.807, 2.05) is 54.6 Å². The fourth-order valence-corrected chi connectivity index (χ4v) is 3.69. The van der Waals surface area contributed by atoms with E-state index in [0.717, 1.165) is 41.7 Å². The minimum Gasteiger partial charge on any atom is -0.478 e. The lowest BCUT2D eigenvalue weighted by molar-refractivity contribution is 0.0697. The van der Waals surface area contributed by atoms with Crippen LogP contribution in [0.3, 0.4) is 0 Å². The molecular weight excluding hydrogens is 334 g/mol. The maximum absolute atomic E-state index is 11.9. The first kappa shape index (κ1) is 15.9. The van der Waals surface area contributed by atoms with E-state index in [2.05, 4.69) is 0 Å². The Hall–Kier alpha value is -2.65. The molecular formula is C21H16ClNO2. The molecule has 2 aromatic carbocycles. The molecule has 3 aromatic rings. The first-order valence-electron chi connectivity index (χ1n) is 8.25. The largest absolute Gasteiger partial charge is 0.478 e. The lowest BCUT2D eigenvalue weighted by Gasteiger charge is -2.21. The molecule has 0 radical (unpaired) electrons. The summed E-state index contributed by atoms with van der Waals surface area (Å²) in [5, 5.41) is 11.2. The van der Waals surface area contributed by atoms with Crippen molar-refractivity contribution in [3.8, 4) is 0 Å². The van der Waals surface area contributed by atoms with Gasteiger partial charge in [0, 0.05) is 10.4 Å². The predicted molar refractivity (Wildman–Crippen MR) is 101 cm³/mol. The minimum atomic E-state index is -0.895. The topological polar surface area (TPSA) is 50.2 Å². The molecule has 1 N–H and O–H groups in total. The molecule has 0 atom stereocenters. The van der Waals surface area contributed by atoms with E-state index < -0.39 is 5.97 Å². The number of carbonyl (C=O) groups is 1. The Kier molecular flexibility index (Phi) is 4.02. The summed E-state index contributed by atoms with van der Waals surface area (Å²) in [6, 6.07) is 15.1. The number of hydrogen-bond donors (Lipinski definition) is 1. The molecule has 1 heterocycles. The van der Waals surface area contributed by atoms with E-state index in [1.54, 1.807) is 0 Å². The highest BCUT2D eigenvalue weighted by molar-refractivity contribution is 6.32. The number of pyridine rings is 1. The molecule has 124 valence electrons. The molecule has 0 saturated carbocycles. The first-order valence-corrected chi connectivity index (χ1v) is 8.63. The summed E-state index contributed by atoms with van der Waals surface area (Å²) < 4.78 is 0. The number of carboxylic acids is 1. The molecule has 3 nitrogen and oxygen atoms in total. The van der Waals surface area contributed by atoms with Gasteiger partial charge < -0.3 is 5.11 Å². The maximum atomic E-state index is 11.9. The quantitative estimate of drug-likeness (QED) is 0.668. The molecule has 4 rings (SSSR count). The van der Waals surface area contributed by atoms with E-state index in [-0.39, 0.29) is 0 Å². The van der Waals surface area contributed by atoms with Crippen LogP contribution in [0.2, 0.25) is 5.02 Å². The van der Waals surface area contributed by atoms with Gasteiger partial charge in [-0.15, -0.1) is 0 Å². The van der Waals surface area contributed by atoms with Gasteiger partial charge in [-0.25, -0.2) is 9.78 Å². The van der Waals surface area contributed by atoms with Crippen LogP contribution in [0.15, 0.2) is 48.5 Å². The molecule has 0 aliphatic heterocycles. The summed E-state index contributed by atoms with van der Waals surface area (Å²) in [5.74, 6) is -0.895. The van der Waals surface area contributed by atoms with Crippen LogP contribution in [0, 0.1) is 0 Å². The molecule has 0 fully saturated rings. The Morgan fingerprint density at radius 3 is 2.64 bits per heavy atom. The van der Waals surface area contributed by atoms with Crippen LogP contribution in [0.25, 0.3) is 22.6 Å². The smallest absolute Gasteiger partial charge is 0.336 e. The number of halogens is 1. The number of fused-ring (bicyclic) bond motifs is 2. The molecule has 0 spiro atoms. The van der Waals surface area contributed by atoms with Crippen molar-refractivity contribution in [2.24, 2.45) is 0 Å². The van der Waals surface area contributed by atoms with Gasteiger partial charge >= 0.3 is 5.97 Å². The van der Waals surface area contributed by atoms with Crippen LogP contribution < -0.4 is 0 Å². The number of allylic oxidation sites excluding steroid dienone is 1. The van der Waals surface area contributed by atoms with Gasteiger partial charge in [0.25, 0.3) is 0 Å². The number of rotatable bonds is 2. The van der Waals surface area contributed by atoms with Gasteiger partial charge in [-0.1, -0.05) is 48.0 Å². The van der Waals surface area contributed by atoms with Crippen molar-refractivity contribution in [3.05, 3.63) is 75.9 Å². The Morgan fingerprint density at radius 1 is 1.08 bits per heavy atom. The predicted octanol–water partition coefficient (Wildman–Crippen LogP) is 5.46. The molecule has 0 bridgehead atoms. The van der Waals surface area contributed by atoms with E-state index >= 15 is 0 Å². The summed E-state index contributed by atoms with van der Waals surface area (Å²) in [6.07, 6.45) is 4.54. The average molecular weight is 350 g/mol. The molecule has 0 amide bonds. The zero-order valence-corrected chi connectivity index (χ0v) is 14.3. The first-order chi connectivity index (χ1) is 12.1. The van der Waals surface area contributed by atoms with Crippen molar-refractivity contribution >= 4 is 40.1 Å². The van der Waals surface area contributed by atoms with Crippen molar-refractivity contribution in [2.45, 2.75) is 19.3 Å². The van der Waals surface area contributed by atoms with Gasteiger partial charge in [0.15, 0.2) is 0 Å². The van der Waals surface area contributed by atoms with Gasteiger partial charge in [0.05, 0.1) is 16.8 Å². The van der Waals surface area contributed by atoms with Gasteiger partial charge in [-0.2, -0.15) is 0 Å². The van der Waals surface area contributed by atoms with Crippen molar-refractivity contribution in [3.63, 3.8) is 0 Å². The zero-order valence-electron chi connectivity index (χ0n) is 13.5. The highest BCUT2D eigenvalue weighted by Crippen LogP contribution is 2.36. The van der Waals surface area contributed by atoms with Gasteiger partial charge in [-0.3, -0.25) is 0 Å². The fourth-order valence-electron chi connectivity index (χ4n) is 3.50. The second-order valence-corrected chi connectivity index (χ2v) is 6.59. The summed E-state index contributed by atoms with van der Waals surface area (Å²) in [5.41, 5.74) is 4.69. The number of aromatic nitrogens is 1. The van der Waals surface area contributed by atoms with Gasteiger partial charge in [-0.05, 0) is 54.2 Å². The number of para-hydroxylation sites is 1. The average Bonchev–Trinajstić information content (AvgIpc) is 2.61. The monoisotopic (exact) mass is 349 g/mol. The third-order valence-electron chi connectivity index (χ3n) is 4.62. The van der Waals surface area contributed by atoms with Crippen molar-refractivity contribution < 1.29 is 9.90 Å². The number of hydrogen-bond acceptors (Lipinski definition) is 2. The van der Waals surface area contributed by atoms with Crippen molar-refractivity contribution in [1.82, 2.24) is 4.98 Å². The molecule has 1 aliphatic rings. The summed E-state index contributed by atoms with van der Waals surface area (Å²) >= 11 is 6.29. The van der Waals surface area contributed by atoms with E-state index in [0.29, 0.717) is 21.5 Å². The van der Waals surface area contributed by atoms with E-state index in [1.165, 1.54) is 0 Å². The number of aromatic carboxylic acids is 1. The Labute approximate surface area is 150 Å². The van der Waals surface area contributed by atoms with Crippen LogP contribution in [0.5, 0.6) is 0 Å². The standard InChI is InChI=1S/C21H16ClNO2/c22-17-10-3-1-6-13(17)12-14-7-5-9-16-19(21(24)25)15-8-2-4-11-18(15)23-20(14)16/h1-4,6,8,10-12H,5,7,9H2,(H,24,25)/b14-12-. The Morgan fingerprint density at radius 2 is 1.84 bits per heavy atom.